The summed E-state index contributed by atoms with van der Waals surface area (Å²) in [6.07, 6.45) is 14.2. The minimum atomic E-state index is 0.686. The zero-order chi connectivity index (χ0) is 11.1. The van der Waals surface area contributed by atoms with E-state index in [1.807, 2.05) is 0 Å². The molecule has 0 amide bonds. The maximum Gasteiger partial charge on any atom is 0.254 e. The first-order chi connectivity index (χ1) is 7.33. The van der Waals surface area contributed by atoms with Crippen molar-refractivity contribution in [3.8, 4) is 0 Å². The lowest BCUT2D eigenvalue weighted by Gasteiger charge is -2.31. The van der Waals surface area contributed by atoms with E-state index in [4.69, 9.17) is 0 Å². The van der Waals surface area contributed by atoms with E-state index in [0.717, 1.165) is 13.3 Å². The van der Waals surface area contributed by atoms with Crippen molar-refractivity contribution in [3.05, 3.63) is 24.9 Å². The zero-order valence-electron chi connectivity index (χ0n) is 10.3. The standard InChI is InChI=1S/C13H24BN/c1-4-8-13-9-7-12-15(13)14(10-5-2)11-6-3/h4,7,12-13H,1,5-6,8-11H2,2-3H3. The zero-order valence-corrected chi connectivity index (χ0v) is 10.3. The number of nitrogens with zero attached hydrogens (tertiary/aromatic N) is 1. The predicted molar refractivity (Wildman–Crippen MR) is 70.1 cm³/mol. The van der Waals surface area contributed by atoms with Crippen molar-refractivity contribution < 1.29 is 0 Å². The van der Waals surface area contributed by atoms with Gasteiger partial charge in [-0.3, -0.25) is 0 Å². The van der Waals surface area contributed by atoms with Crippen LogP contribution in [0, 0.1) is 0 Å². The maximum absolute atomic E-state index is 3.86. The topological polar surface area (TPSA) is 3.24 Å². The monoisotopic (exact) mass is 205 g/mol. The van der Waals surface area contributed by atoms with Gasteiger partial charge >= 0.3 is 0 Å². The van der Waals surface area contributed by atoms with Gasteiger partial charge in [0.05, 0.1) is 0 Å². The second-order valence-corrected chi connectivity index (χ2v) is 4.48. The molecule has 0 aromatic rings. The van der Waals surface area contributed by atoms with Gasteiger partial charge in [-0.1, -0.05) is 51.5 Å². The molecule has 1 rings (SSSR count). The third-order valence-electron chi connectivity index (χ3n) is 3.21. The van der Waals surface area contributed by atoms with Crippen molar-refractivity contribution >= 4 is 6.85 Å². The molecule has 2 heteroatoms. The molecule has 0 spiro atoms. The van der Waals surface area contributed by atoms with Crippen LogP contribution < -0.4 is 0 Å². The Morgan fingerprint density at radius 3 is 2.60 bits per heavy atom. The van der Waals surface area contributed by atoms with Gasteiger partial charge < -0.3 is 4.81 Å². The van der Waals surface area contributed by atoms with Crippen LogP contribution in [0.2, 0.25) is 12.6 Å². The quantitative estimate of drug-likeness (QED) is 0.449. The Bertz CT molecular complexity index is 207. The highest BCUT2D eigenvalue weighted by Gasteiger charge is 2.27. The van der Waals surface area contributed by atoms with Crippen molar-refractivity contribution in [3.63, 3.8) is 0 Å². The van der Waals surface area contributed by atoms with Crippen molar-refractivity contribution in [1.82, 2.24) is 4.81 Å². The van der Waals surface area contributed by atoms with Gasteiger partial charge in [-0.05, 0) is 19.0 Å². The molecular weight excluding hydrogens is 181 g/mol. The largest absolute Gasteiger partial charge is 0.418 e. The molecule has 0 aliphatic carbocycles. The van der Waals surface area contributed by atoms with E-state index >= 15 is 0 Å². The summed E-state index contributed by atoms with van der Waals surface area (Å²) in [6.45, 7) is 9.17. The Hall–Kier alpha value is -0.655. The summed E-state index contributed by atoms with van der Waals surface area (Å²) in [4.78, 5) is 2.58. The van der Waals surface area contributed by atoms with E-state index in [2.05, 4.69) is 43.6 Å². The van der Waals surface area contributed by atoms with E-state index in [1.165, 1.54) is 31.9 Å². The molecule has 0 aromatic carbocycles. The van der Waals surface area contributed by atoms with Crippen LogP contribution in [0.15, 0.2) is 24.9 Å². The van der Waals surface area contributed by atoms with Gasteiger partial charge in [0, 0.05) is 6.04 Å². The van der Waals surface area contributed by atoms with Crippen LogP contribution in [0.5, 0.6) is 0 Å². The molecule has 0 saturated heterocycles. The third-order valence-corrected chi connectivity index (χ3v) is 3.21. The van der Waals surface area contributed by atoms with E-state index in [0.29, 0.717) is 6.04 Å². The van der Waals surface area contributed by atoms with Gasteiger partial charge in [-0.15, -0.1) is 6.58 Å². The molecule has 1 nitrogen and oxygen atoms in total. The molecular formula is C13H24BN. The summed E-state index contributed by atoms with van der Waals surface area (Å²) in [5.41, 5.74) is 0. The SMILES string of the molecule is C=CCC1CC=CN1B(CCC)CCC. The van der Waals surface area contributed by atoms with Crippen LogP contribution in [-0.4, -0.2) is 17.7 Å². The summed E-state index contributed by atoms with van der Waals surface area (Å²) in [5.74, 6) is 0. The van der Waals surface area contributed by atoms with Crippen LogP contribution in [0.1, 0.15) is 39.5 Å². The van der Waals surface area contributed by atoms with Crippen molar-refractivity contribution in [2.45, 2.75) is 58.2 Å². The second-order valence-electron chi connectivity index (χ2n) is 4.48. The summed E-state index contributed by atoms with van der Waals surface area (Å²) in [6, 6.07) is 0.686. The summed E-state index contributed by atoms with van der Waals surface area (Å²) >= 11 is 0. The number of rotatable bonds is 7. The highest BCUT2D eigenvalue weighted by Crippen LogP contribution is 2.23. The summed E-state index contributed by atoms with van der Waals surface area (Å²) in [5, 5.41) is 0. The van der Waals surface area contributed by atoms with Gasteiger partial charge in [-0.2, -0.15) is 0 Å². The minimum Gasteiger partial charge on any atom is -0.418 e. The molecule has 0 bridgehead atoms. The molecule has 1 unspecified atom stereocenters. The molecule has 0 N–H and O–H groups in total. The van der Waals surface area contributed by atoms with Crippen molar-refractivity contribution in [2.75, 3.05) is 0 Å². The first-order valence-electron chi connectivity index (χ1n) is 6.38. The van der Waals surface area contributed by atoms with E-state index in [-0.39, 0.29) is 0 Å². The molecule has 15 heavy (non-hydrogen) atoms. The van der Waals surface area contributed by atoms with Gasteiger partial charge in [0.1, 0.15) is 0 Å². The Balaban J connectivity index is 2.55. The van der Waals surface area contributed by atoms with Gasteiger partial charge in [0.25, 0.3) is 6.85 Å². The van der Waals surface area contributed by atoms with Crippen LogP contribution in [0.4, 0.5) is 0 Å². The smallest absolute Gasteiger partial charge is 0.254 e. The Labute approximate surface area is 95.3 Å². The Kier molecular flexibility index (Phi) is 5.59. The maximum atomic E-state index is 3.86. The molecule has 0 fully saturated rings. The first kappa shape index (κ1) is 12.4. The fourth-order valence-corrected chi connectivity index (χ4v) is 2.52. The van der Waals surface area contributed by atoms with E-state index < -0.39 is 0 Å². The van der Waals surface area contributed by atoms with Crippen molar-refractivity contribution in [2.24, 2.45) is 0 Å². The van der Waals surface area contributed by atoms with Crippen LogP contribution in [-0.2, 0) is 0 Å². The van der Waals surface area contributed by atoms with E-state index in [1.54, 1.807) is 0 Å². The minimum absolute atomic E-state index is 0.686. The van der Waals surface area contributed by atoms with Crippen LogP contribution in [0.3, 0.4) is 0 Å². The lowest BCUT2D eigenvalue weighted by Crippen LogP contribution is -2.39. The lowest BCUT2D eigenvalue weighted by molar-refractivity contribution is 0.441. The average Bonchev–Trinajstić information content (AvgIpc) is 2.66. The third kappa shape index (κ3) is 3.44. The molecule has 1 aliphatic rings. The van der Waals surface area contributed by atoms with Gasteiger partial charge in [-0.25, -0.2) is 0 Å². The molecule has 1 aliphatic heterocycles. The lowest BCUT2D eigenvalue weighted by atomic mass is 9.53. The first-order valence-corrected chi connectivity index (χ1v) is 6.38. The Morgan fingerprint density at radius 2 is 2.07 bits per heavy atom. The van der Waals surface area contributed by atoms with Gasteiger partial charge in [0.2, 0.25) is 0 Å². The van der Waals surface area contributed by atoms with Crippen molar-refractivity contribution in [1.29, 1.82) is 0 Å². The van der Waals surface area contributed by atoms with Crippen LogP contribution in [0.25, 0.3) is 0 Å². The Morgan fingerprint density at radius 1 is 1.40 bits per heavy atom. The summed E-state index contributed by atoms with van der Waals surface area (Å²) < 4.78 is 0. The molecule has 84 valence electrons. The second kappa shape index (κ2) is 6.76. The summed E-state index contributed by atoms with van der Waals surface area (Å²) in [7, 11) is 0. The highest BCUT2D eigenvalue weighted by atomic mass is 15.1. The molecule has 0 saturated carbocycles. The normalized spacial score (nSPS) is 19.6. The van der Waals surface area contributed by atoms with Gasteiger partial charge in [0.15, 0.2) is 0 Å². The molecule has 1 atom stereocenters. The van der Waals surface area contributed by atoms with E-state index in [9.17, 15) is 0 Å². The number of hydrogen-bond acceptors (Lipinski definition) is 1. The predicted octanol–water partition coefficient (Wildman–Crippen LogP) is 3.96. The fraction of sp³-hybridized carbons (Fsp3) is 0.692. The highest BCUT2D eigenvalue weighted by molar-refractivity contribution is 6.56. The molecule has 0 radical (unpaired) electrons. The average molecular weight is 205 g/mol. The fourth-order valence-electron chi connectivity index (χ4n) is 2.52. The van der Waals surface area contributed by atoms with Crippen LogP contribution >= 0.6 is 0 Å². The molecule has 0 aromatic heterocycles. The number of hydrogen-bond donors (Lipinski definition) is 0. The molecule has 1 heterocycles.